The second-order valence-corrected chi connectivity index (χ2v) is 4.64. The van der Waals surface area contributed by atoms with E-state index in [1.807, 2.05) is 45.0 Å². The average molecular weight is 277 g/mol. The van der Waals surface area contributed by atoms with E-state index < -0.39 is 0 Å². The van der Waals surface area contributed by atoms with Gasteiger partial charge in [0.05, 0.1) is 0 Å². The van der Waals surface area contributed by atoms with E-state index in [-0.39, 0.29) is 7.43 Å². The molecule has 1 aromatic rings. The summed E-state index contributed by atoms with van der Waals surface area (Å²) in [7, 11) is 0. The van der Waals surface area contributed by atoms with Gasteiger partial charge in [-0.1, -0.05) is 91.8 Å². The average Bonchev–Trinajstić information content (AvgIpc) is 2.43. The van der Waals surface area contributed by atoms with E-state index >= 15 is 0 Å². The molecule has 0 radical (unpaired) electrons. The van der Waals surface area contributed by atoms with Gasteiger partial charge in [-0.3, -0.25) is 0 Å². The molecule has 0 atom stereocenters. The van der Waals surface area contributed by atoms with Gasteiger partial charge in [0.2, 0.25) is 0 Å². The maximum atomic E-state index is 5.20. The van der Waals surface area contributed by atoms with Crippen molar-refractivity contribution in [1.82, 2.24) is 0 Å². The minimum absolute atomic E-state index is 0. The maximum absolute atomic E-state index is 5.20. The van der Waals surface area contributed by atoms with Crippen LogP contribution in [0.3, 0.4) is 0 Å². The normalized spacial score (nSPS) is 8.30. The summed E-state index contributed by atoms with van der Waals surface area (Å²) in [5.74, 6) is 3.56. The van der Waals surface area contributed by atoms with Gasteiger partial charge in [-0.05, 0) is 24.5 Å². The zero-order valence-corrected chi connectivity index (χ0v) is 13.8. The first kappa shape index (κ1) is 23.8. The zero-order chi connectivity index (χ0) is 15.1. The lowest BCUT2D eigenvalue weighted by atomic mass is 10.0. The quantitative estimate of drug-likeness (QED) is 0.527. The molecule has 0 amide bonds. The van der Waals surface area contributed by atoms with Gasteiger partial charge in [-0.25, -0.2) is 0 Å². The van der Waals surface area contributed by atoms with Crippen LogP contribution in [0.5, 0.6) is 0 Å². The number of hydrogen-bond acceptors (Lipinski definition) is 0. The van der Waals surface area contributed by atoms with Gasteiger partial charge in [0.1, 0.15) is 0 Å². The summed E-state index contributed by atoms with van der Waals surface area (Å²) < 4.78 is 0. The van der Waals surface area contributed by atoms with Gasteiger partial charge in [0.25, 0.3) is 0 Å². The third-order valence-corrected chi connectivity index (χ3v) is 2.86. The predicted molar refractivity (Wildman–Crippen MR) is 96.2 cm³/mol. The Kier molecular flexibility index (Phi) is 21.2. The molecular formula is C20H36. The highest BCUT2D eigenvalue weighted by Crippen LogP contribution is 2.10. The SMILES string of the molecule is C.C#Cc1ccccc1C.CC.CCCC(C)CCC. The third-order valence-electron chi connectivity index (χ3n) is 2.86. The molecule has 0 aliphatic heterocycles. The number of hydrogen-bond donors (Lipinski definition) is 0. The second-order valence-electron chi connectivity index (χ2n) is 4.64. The van der Waals surface area contributed by atoms with Gasteiger partial charge in [-0.2, -0.15) is 0 Å². The molecule has 1 aromatic carbocycles. The fourth-order valence-electron chi connectivity index (χ4n) is 1.86. The highest BCUT2D eigenvalue weighted by Gasteiger charge is 1.95. The van der Waals surface area contributed by atoms with Crippen LogP contribution in [0, 0.1) is 25.2 Å². The topological polar surface area (TPSA) is 0 Å². The fourth-order valence-corrected chi connectivity index (χ4v) is 1.86. The Morgan fingerprint density at radius 2 is 1.50 bits per heavy atom. The maximum Gasteiger partial charge on any atom is 0.0271 e. The van der Waals surface area contributed by atoms with E-state index in [1.54, 1.807) is 0 Å². The lowest BCUT2D eigenvalue weighted by molar-refractivity contribution is 0.480. The summed E-state index contributed by atoms with van der Waals surface area (Å²) >= 11 is 0. The van der Waals surface area contributed by atoms with Crippen LogP contribution in [0.25, 0.3) is 0 Å². The summed E-state index contributed by atoms with van der Waals surface area (Å²) in [5, 5.41) is 0. The molecule has 116 valence electrons. The smallest absolute Gasteiger partial charge is 0.0271 e. The van der Waals surface area contributed by atoms with Crippen LogP contribution < -0.4 is 0 Å². The predicted octanol–water partition coefficient (Wildman–Crippen LogP) is 6.86. The molecule has 0 fully saturated rings. The van der Waals surface area contributed by atoms with Gasteiger partial charge >= 0.3 is 0 Å². The first-order valence-corrected chi connectivity index (χ1v) is 7.67. The summed E-state index contributed by atoms with van der Waals surface area (Å²) in [5.41, 5.74) is 2.15. The van der Waals surface area contributed by atoms with Crippen LogP contribution in [0.15, 0.2) is 24.3 Å². The van der Waals surface area contributed by atoms with Crippen molar-refractivity contribution >= 4 is 0 Å². The van der Waals surface area contributed by atoms with Crippen molar-refractivity contribution < 1.29 is 0 Å². The summed E-state index contributed by atoms with van der Waals surface area (Å²) in [6.07, 6.45) is 10.7. The van der Waals surface area contributed by atoms with Crippen LogP contribution in [0.4, 0.5) is 0 Å². The van der Waals surface area contributed by atoms with Crippen LogP contribution in [-0.2, 0) is 0 Å². The molecule has 0 N–H and O–H groups in total. The Bertz CT molecular complexity index is 324. The van der Waals surface area contributed by atoms with Gasteiger partial charge < -0.3 is 0 Å². The van der Waals surface area contributed by atoms with Crippen LogP contribution in [0.1, 0.15) is 78.9 Å². The molecule has 0 aromatic heterocycles. The third kappa shape index (κ3) is 13.2. The molecule has 0 heteroatoms. The van der Waals surface area contributed by atoms with Crippen LogP contribution >= 0.6 is 0 Å². The Balaban J connectivity index is -0.000000248. The van der Waals surface area contributed by atoms with Crippen molar-refractivity contribution in [3.63, 3.8) is 0 Å². The van der Waals surface area contributed by atoms with E-state index in [9.17, 15) is 0 Å². The van der Waals surface area contributed by atoms with Crippen molar-refractivity contribution in [2.75, 3.05) is 0 Å². The summed E-state index contributed by atoms with van der Waals surface area (Å²) in [4.78, 5) is 0. The molecule has 0 saturated heterocycles. The Morgan fingerprint density at radius 1 is 1.05 bits per heavy atom. The molecule has 0 aliphatic carbocycles. The van der Waals surface area contributed by atoms with Crippen molar-refractivity contribution in [2.45, 2.75) is 74.7 Å². The van der Waals surface area contributed by atoms with Crippen molar-refractivity contribution in [1.29, 1.82) is 0 Å². The van der Waals surface area contributed by atoms with Crippen molar-refractivity contribution in [3.8, 4) is 12.3 Å². The van der Waals surface area contributed by atoms with E-state index in [2.05, 4.69) is 26.7 Å². The Hall–Kier alpha value is -1.22. The van der Waals surface area contributed by atoms with Crippen molar-refractivity contribution in [3.05, 3.63) is 35.4 Å². The lowest BCUT2D eigenvalue weighted by Crippen LogP contribution is -1.91. The molecule has 0 heterocycles. The molecule has 0 saturated carbocycles. The van der Waals surface area contributed by atoms with E-state index in [0.717, 1.165) is 11.5 Å². The molecule has 0 nitrogen and oxygen atoms in total. The molecule has 20 heavy (non-hydrogen) atoms. The van der Waals surface area contributed by atoms with Crippen molar-refractivity contribution in [2.24, 2.45) is 5.92 Å². The monoisotopic (exact) mass is 276 g/mol. The van der Waals surface area contributed by atoms with E-state index in [4.69, 9.17) is 6.42 Å². The highest BCUT2D eigenvalue weighted by molar-refractivity contribution is 5.38. The minimum atomic E-state index is 0. The zero-order valence-electron chi connectivity index (χ0n) is 13.8. The number of rotatable bonds is 4. The molecular weight excluding hydrogens is 240 g/mol. The van der Waals surface area contributed by atoms with Crippen LogP contribution in [-0.4, -0.2) is 0 Å². The molecule has 1 rings (SSSR count). The second kappa shape index (κ2) is 17.8. The Morgan fingerprint density at radius 3 is 1.80 bits per heavy atom. The van der Waals surface area contributed by atoms with Gasteiger partial charge in [-0.15, -0.1) is 6.42 Å². The number of aryl methyl sites for hydroxylation is 1. The number of benzene rings is 1. The molecule has 0 spiro atoms. The van der Waals surface area contributed by atoms with E-state index in [0.29, 0.717) is 0 Å². The standard InChI is InChI=1S/C9H8.C8H18.C2H6.CH4/c1-3-9-7-5-4-6-8(9)2;1-4-6-8(3)7-5-2;1-2;/h1,4-7H,2H3;8H,4-7H2,1-3H3;1-2H3;1H4. The number of terminal acetylenes is 1. The minimum Gasteiger partial charge on any atom is -0.115 e. The molecule has 0 aliphatic rings. The van der Waals surface area contributed by atoms with E-state index in [1.165, 1.54) is 31.2 Å². The summed E-state index contributed by atoms with van der Waals surface area (Å²) in [6, 6.07) is 7.88. The lowest BCUT2D eigenvalue weighted by Gasteiger charge is -2.05. The molecule has 0 unspecified atom stereocenters. The van der Waals surface area contributed by atoms with Crippen LogP contribution in [0.2, 0.25) is 0 Å². The summed E-state index contributed by atoms with van der Waals surface area (Å²) in [6.45, 7) is 12.9. The van der Waals surface area contributed by atoms with Gasteiger partial charge in [0, 0.05) is 5.56 Å². The Labute approximate surface area is 129 Å². The first-order chi connectivity index (χ1) is 9.15. The molecule has 0 bridgehead atoms. The fraction of sp³-hybridized carbons (Fsp3) is 0.600. The first-order valence-electron chi connectivity index (χ1n) is 7.67. The largest absolute Gasteiger partial charge is 0.115 e. The highest BCUT2D eigenvalue weighted by atomic mass is 14.0. The van der Waals surface area contributed by atoms with Gasteiger partial charge in [0.15, 0.2) is 0 Å².